The van der Waals surface area contributed by atoms with Gasteiger partial charge in [-0.3, -0.25) is 14.6 Å². The topological polar surface area (TPSA) is 136 Å². The zero-order valence-electron chi connectivity index (χ0n) is 17.9. The van der Waals surface area contributed by atoms with Crippen LogP contribution < -0.4 is 26.3 Å². The SMILES string of the molecule is C[C@H]1CN(c2[nH+]c(N)c3c(N)nc4c(c3c2C#N)CC(=O)N4C2CCCC2)C[C@H](C)O1. The summed E-state index contributed by atoms with van der Waals surface area (Å²) in [5.41, 5.74) is 14.0. The second-order valence-corrected chi connectivity index (χ2v) is 8.96. The smallest absolute Gasteiger partial charge is 0.240 e. The number of rotatable bonds is 2. The van der Waals surface area contributed by atoms with E-state index in [-0.39, 0.29) is 36.4 Å². The molecule has 31 heavy (non-hydrogen) atoms. The summed E-state index contributed by atoms with van der Waals surface area (Å²) in [6.45, 7) is 5.29. The first-order valence-corrected chi connectivity index (χ1v) is 11.0. The number of carbonyl (C=O) groups is 1. The molecule has 0 bridgehead atoms. The molecule has 0 unspecified atom stereocenters. The number of fused-ring (bicyclic) bond motifs is 3. The van der Waals surface area contributed by atoms with Gasteiger partial charge in [0.15, 0.2) is 0 Å². The van der Waals surface area contributed by atoms with Gasteiger partial charge in [0.2, 0.25) is 17.5 Å². The highest BCUT2D eigenvalue weighted by molar-refractivity contribution is 6.12. The Hall–Kier alpha value is -3.12. The van der Waals surface area contributed by atoms with Crippen LogP contribution in [-0.4, -0.2) is 42.2 Å². The average Bonchev–Trinajstić information content (AvgIpc) is 3.33. The number of pyridine rings is 2. The number of aromatic amines is 1. The molecule has 2 fully saturated rings. The second-order valence-electron chi connectivity index (χ2n) is 8.96. The maximum atomic E-state index is 13.0. The van der Waals surface area contributed by atoms with Gasteiger partial charge < -0.3 is 16.2 Å². The molecule has 5 N–H and O–H groups in total. The molecule has 1 saturated heterocycles. The minimum absolute atomic E-state index is 0.0201. The molecule has 0 spiro atoms. The lowest BCUT2D eigenvalue weighted by Gasteiger charge is -2.33. The predicted molar refractivity (Wildman–Crippen MR) is 118 cm³/mol. The van der Waals surface area contributed by atoms with Crippen LogP contribution in [0.25, 0.3) is 10.8 Å². The molecule has 3 aliphatic rings. The molecule has 2 aromatic rings. The number of H-pyrrole nitrogens is 1. The van der Waals surface area contributed by atoms with E-state index in [0.717, 1.165) is 31.2 Å². The molecular formula is C22H28N7O2+. The lowest BCUT2D eigenvalue weighted by atomic mass is 10.00. The standard InChI is InChI=1S/C22H27N7O2/c1-11-9-28(10-12(2)31-11)21-15(8-23)17-14-7-16(30)29(13-5-3-4-6-13)22(14)27-20(25)18(17)19(24)26-21/h11-13H,3-7,9-10H2,1-2H3,(H2,24,26)(H2,25,27)/p+1/t11-,12-/m0/s1. The molecule has 162 valence electrons. The number of nitriles is 1. The van der Waals surface area contributed by atoms with Crippen molar-refractivity contribution in [1.82, 2.24) is 4.98 Å². The van der Waals surface area contributed by atoms with Crippen LogP contribution in [0, 0.1) is 11.3 Å². The van der Waals surface area contributed by atoms with Crippen molar-refractivity contribution in [3.8, 4) is 6.07 Å². The predicted octanol–water partition coefficient (Wildman–Crippen LogP) is 1.53. The maximum absolute atomic E-state index is 13.0. The third kappa shape index (κ3) is 3.05. The highest BCUT2D eigenvalue weighted by Gasteiger charge is 2.40. The Morgan fingerprint density at radius 2 is 1.84 bits per heavy atom. The number of aromatic nitrogens is 2. The highest BCUT2D eigenvalue weighted by Crippen LogP contribution is 2.43. The van der Waals surface area contributed by atoms with E-state index in [9.17, 15) is 10.1 Å². The van der Waals surface area contributed by atoms with Crippen molar-refractivity contribution in [2.24, 2.45) is 0 Å². The van der Waals surface area contributed by atoms with Gasteiger partial charge in [0.1, 0.15) is 23.3 Å². The first-order valence-electron chi connectivity index (χ1n) is 11.0. The molecule has 4 heterocycles. The fourth-order valence-corrected chi connectivity index (χ4v) is 5.51. The molecule has 2 atom stereocenters. The number of morpholine rings is 1. The lowest BCUT2D eigenvalue weighted by Crippen LogP contribution is -2.48. The summed E-state index contributed by atoms with van der Waals surface area (Å²) in [6, 6.07) is 2.52. The van der Waals surface area contributed by atoms with Gasteiger partial charge in [0, 0.05) is 17.0 Å². The Bertz CT molecular complexity index is 1110. The van der Waals surface area contributed by atoms with Gasteiger partial charge in [-0.1, -0.05) is 12.8 Å². The zero-order valence-corrected chi connectivity index (χ0v) is 17.9. The normalized spacial score (nSPS) is 24.1. The van der Waals surface area contributed by atoms with Gasteiger partial charge in [-0.25, -0.2) is 9.97 Å². The minimum Gasteiger partial charge on any atom is -0.383 e. The Kier molecular flexibility index (Phi) is 4.63. The quantitative estimate of drug-likeness (QED) is 0.749. The number of hydrogen-bond acceptors (Lipinski definition) is 7. The number of amides is 1. The van der Waals surface area contributed by atoms with Gasteiger partial charge in [-0.2, -0.15) is 5.26 Å². The Morgan fingerprint density at radius 1 is 1.16 bits per heavy atom. The number of nitrogens with one attached hydrogen (secondary N) is 1. The van der Waals surface area contributed by atoms with E-state index in [2.05, 4.69) is 20.9 Å². The van der Waals surface area contributed by atoms with Crippen LogP contribution >= 0.6 is 0 Å². The van der Waals surface area contributed by atoms with E-state index in [1.165, 1.54) is 0 Å². The zero-order chi connectivity index (χ0) is 21.9. The average molecular weight is 423 g/mol. The molecule has 0 aromatic carbocycles. The molecule has 2 aliphatic heterocycles. The van der Waals surface area contributed by atoms with Gasteiger partial charge >= 0.3 is 0 Å². The van der Waals surface area contributed by atoms with Crippen molar-refractivity contribution in [3.63, 3.8) is 0 Å². The van der Waals surface area contributed by atoms with Crippen molar-refractivity contribution in [2.45, 2.75) is 64.2 Å². The van der Waals surface area contributed by atoms with Gasteiger partial charge in [-0.05, 0) is 26.7 Å². The highest BCUT2D eigenvalue weighted by atomic mass is 16.5. The van der Waals surface area contributed by atoms with Crippen LogP contribution in [0.4, 0.5) is 23.3 Å². The summed E-state index contributed by atoms with van der Waals surface area (Å²) < 4.78 is 5.86. The number of hydrogen-bond donors (Lipinski definition) is 2. The number of ether oxygens (including phenoxy) is 1. The Labute approximate surface area is 181 Å². The van der Waals surface area contributed by atoms with E-state index in [0.29, 0.717) is 46.9 Å². The molecule has 9 heteroatoms. The van der Waals surface area contributed by atoms with Crippen LogP contribution in [0.2, 0.25) is 0 Å². The number of nitrogens with zero attached hydrogens (tertiary/aromatic N) is 4. The number of nitrogens with two attached hydrogens (primary N) is 2. The molecular weight excluding hydrogens is 394 g/mol. The Morgan fingerprint density at radius 3 is 2.48 bits per heavy atom. The first kappa shape index (κ1) is 19.8. The summed E-state index contributed by atoms with van der Waals surface area (Å²) in [6.07, 6.45) is 4.40. The van der Waals surface area contributed by atoms with E-state index in [1.54, 1.807) is 0 Å². The van der Waals surface area contributed by atoms with Crippen LogP contribution in [0.15, 0.2) is 0 Å². The maximum Gasteiger partial charge on any atom is 0.240 e. The number of carbonyl (C=O) groups excluding carboxylic acids is 1. The molecule has 9 nitrogen and oxygen atoms in total. The molecule has 5 rings (SSSR count). The van der Waals surface area contributed by atoms with Crippen LogP contribution in [0.1, 0.15) is 50.7 Å². The summed E-state index contributed by atoms with van der Waals surface area (Å²) in [4.78, 5) is 24.7. The third-order valence-corrected chi connectivity index (χ3v) is 6.68. The van der Waals surface area contributed by atoms with Crippen molar-refractivity contribution in [3.05, 3.63) is 11.1 Å². The van der Waals surface area contributed by atoms with Crippen molar-refractivity contribution in [1.29, 1.82) is 5.26 Å². The summed E-state index contributed by atoms with van der Waals surface area (Å²) >= 11 is 0. The largest absolute Gasteiger partial charge is 0.383 e. The molecule has 1 amide bonds. The van der Waals surface area contributed by atoms with E-state index < -0.39 is 0 Å². The van der Waals surface area contributed by atoms with E-state index in [4.69, 9.17) is 16.2 Å². The minimum atomic E-state index is 0.0201. The summed E-state index contributed by atoms with van der Waals surface area (Å²) in [7, 11) is 0. The van der Waals surface area contributed by atoms with Crippen molar-refractivity contribution in [2.75, 3.05) is 34.4 Å². The Balaban J connectivity index is 1.74. The second kappa shape index (κ2) is 7.24. The summed E-state index contributed by atoms with van der Waals surface area (Å²) in [5.74, 6) is 1.86. The molecule has 1 saturated carbocycles. The van der Waals surface area contributed by atoms with Gasteiger partial charge in [-0.15, -0.1) is 0 Å². The molecule has 0 radical (unpaired) electrons. The monoisotopic (exact) mass is 422 g/mol. The van der Waals surface area contributed by atoms with Crippen molar-refractivity contribution >= 4 is 40.0 Å². The van der Waals surface area contributed by atoms with E-state index in [1.807, 2.05) is 18.7 Å². The van der Waals surface area contributed by atoms with Gasteiger partial charge in [0.05, 0.1) is 37.1 Å². The fourth-order valence-electron chi connectivity index (χ4n) is 5.51. The lowest BCUT2D eigenvalue weighted by molar-refractivity contribution is -0.345. The van der Waals surface area contributed by atoms with Crippen LogP contribution in [0.3, 0.4) is 0 Å². The van der Waals surface area contributed by atoms with E-state index >= 15 is 0 Å². The number of anilines is 4. The molecule has 2 aromatic heterocycles. The van der Waals surface area contributed by atoms with Crippen LogP contribution in [0.5, 0.6) is 0 Å². The number of nitrogen functional groups attached to an aromatic ring is 2. The fraction of sp³-hybridized carbons (Fsp3) is 0.545. The molecule has 1 aliphatic carbocycles. The van der Waals surface area contributed by atoms with Crippen LogP contribution in [-0.2, 0) is 16.0 Å². The summed E-state index contributed by atoms with van der Waals surface area (Å²) in [5, 5.41) is 11.4. The van der Waals surface area contributed by atoms with Crippen molar-refractivity contribution < 1.29 is 14.5 Å². The first-order chi connectivity index (χ1) is 14.9. The third-order valence-electron chi connectivity index (χ3n) is 6.68. The van der Waals surface area contributed by atoms with Gasteiger partial charge in [0.25, 0.3) is 0 Å².